The second kappa shape index (κ2) is 8.17. The first-order valence-corrected chi connectivity index (χ1v) is 8.57. The average Bonchev–Trinajstić information content (AvgIpc) is 2.98. The monoisotopic (exact) mass is 309 g/mol. The quantitative estimate of drug-likeness (QED) is 0.761. The Morgan fingerprint density at radius 1 is 1.33 bits per heavy atom. The molecule has 0 aliphatic heterocycles. The minimum atomic E-state index is -0.991. The Bertz CT molecular complexity index is 452. The molecular formula is C16H23NO3S. The Balaban J connectivity index is 1.79. The van der Waals surface area contributed by atoms with Crippen molar-refractivity contribution >= 4 is 23.2 Å². The van der Waals surface area contributed by atoms with E-state index in [9.17, 15) is 14.7 Å². The van der Waals surface area contributed by atoms with E-state index in [-0.39, 0.29) is 5.91 Å². The first-order valence-electron chi connectivity index (χ1n) is 7.69. The molecule has 0 radical (unpaired) electrons. The maximum Gasteiger partial charge on any atom is 0.316 e. The van der Waals surface area contributed by atoms with Gasteiger partial charge in [-0.2, -0.15) is 0 Å². The number of carboxylic acid groups (broad SMARTS) is 1. The fourth-order valence-electron chi connectivity index (χ4n) is 2.96. The number of nitrogens with one attached hydrogen (secondary N) is 1. The lowest BCUT2D eigenvalue weighted by atomic mass is 9.82. The van der Waals surface area contributed by atoms with Crippen molar-refractivity contribution in [1.29, 1.82) is 0 Å². The fourth-order valence-corrected chi connectivity index (χ4v) is 3.67. The summed E-state index contributed by atoms with van der Waals surface area (Å²) in [6, 6.07) is 4.00. The second-order valence-electron chi connectivity index (χ2n) is 5.75. The van der Waals surface area contributed by atoms with Gasteiger partial charge in [-0.3, -0.25) is 9.59 Å². The molecule has 1 aliphatic carbocycles. The van der Waals surface area contributed by atoms with Crippen LogP contribution in [0.3, 0.4) is 0 Å². The Morgan fingerprint density at radius 2 is 2.10 bits per heavy atom. The van der Waals surface area contributed by atoms with Crippen LogP contribution in [0.5, 0.6) is 0 Å². The molecule has 0 saturated heterocycles. The van der Waals surface area contributed by atoms with Crippen LogP contribution < -0.4 is 5.32 Å². The number of amides is 1. The third-order valence-electron chi connectivity index (χ3n) is 4.16. The number of hydrogen-bond donors (Lipinski definition) is 2. The number of thiophene rings is 1. The van der Waals surface area contributed by atoms with E-state index >= 15 is 0 Å². The second-order valence-corrected chi connectivity index (χ2v) is 6.78. The van der Waals surface area contributed by atoms with Gasteiger partial charge in [0.1, 0.15) is 5.92 Å². The number of aliphatic carboxylic acids is 1. The first kappa shape index (κ1) is 16.0. The van der Waals surface area contributed by atoms with Crippen LogP contribution in [0.25, 0.3) is 0 Å². The molecule has 2 N–H and O–H groups in total. The van der Waals surface area contributed by atoms with Crippen LogP contribution in [-0.2, 0) is 16.0 Å². The number of carbonyl (C=O) groups is 2. The molecule has 21 heavy (non-hydrogen) atoms. The molecule has 0 bridgehead atoms. The molecule has 1 amide bonds. The van der Waals surface area contributed by atoms with Gasteiger partial charge in [0, 0.05) is 11.4 Å². The summed E-state index contributed by atoms with van der Waals surface area (Å²) in [5.74, 6) is -1.82. The summed E-state index contributed by atoms with van der Waals surface area (Å²) < 4.78 is 0. The van der Waals surface area contributed by atoms with Gasteiger partial charge >= 0.3 is 5.97 Å². The predicted octanol–water partition coefficient (Wildman–Crippen LogP) is 3.08. The molecule has 0 spiro atoms. The van der Waals surface area contributed by atoms with E-state index in [2.05, 4.69) is 5.32 Å². The van der Waals surface area contributed by atoms with Crippen molar-refractivity contribution in [2.75, 3.05) is 6.54 Å². The lowest BCUT2D eigenvalue weighted by Gasteiger charge is -2.24. The first-order chi connectivity index (χ1) is 10.2. The van der Waals surface area contributed by atoms with E-state index in [1.165, 1.54) is 11.3 Å². The Kier molecular flexibility index (Phi) is 6.23. The van der Waals surface area contributed by atoms with Crippen LogP contribution in [0.15, 0.2) is 17.5 Å². The van der Waals surface area contributed by atoms with Gasteiger partial charge in [0.05, 0.1) is 0 Å². The summed E-state index contributed by atoms with van der Waals surface area (Å²) in [7, 11) is 0. The standard InChI is InChI=1S/C16H23NO3S/c18-15(17-9-8-13-7-4-10-21-13)14(16(19)20)11-12-5-2-1-3-6-12/h4,7,10,12,14H,1-3,5-6,8-9,11H2,(H,17,18)(H,19,20). The third kappa shape index (κ3) is 5.16. The van der Waals surface area contributed by atoms with E-state index in [0.717, 1.165) is 32.1 Å². The van der Waals surface area contributed by atoms with Crippen molar-refractivity contribution in [2.45, 2.75) is 44.9 Å². The third-order valence-corrected chi connectivity index (χ3v) is 5.10. The van der Waals surface area contributed by atoms with Gasteiger partial charge in [0.2, 0.25) is 5.91 Å². The van der Waals surface area contributed by atoms with Crippen molar-refractivity contribution in [3.8, 4) is 0 Å². The van der Waals surface area contributed by atoms with Crippen LogP contribution in [-0.4, -0.2) is 23.5 Å². The highest BCUT2D eigenvalue weighted by molar-refractivity contribution is 7.09. The van der Waals surface area contributed by atoms with Crippen LogP contribution in [0, 0.1) is 11.8 Å². The summed E-state index contributed by atoms with van der Waals surface area (Å²) in [4.78, 5) is 24.6. The Hall–Kier alpha value is -1.36. The molecule has 0 aromatic carbocycles. The molecule has 4 nitrogen and oxygen atoms in total. The molecule has 1 aromatic heterocycles. The van der Waals surface area contributed by atoms with Gasteiger partial charge < -0.3 is 10.4 Å². The van der Waals surface area contributed by atoms with Crippen LogP contribution in [0.1, 0.15) is 43.4 Å². The van der Waals surface area contributed by atoms with Gasteiger partial charge in [0.25, 0.3) is 0 Å². The molecular weight excluding hydrogens is 286 g/mol. The van der Waals surface area contributed by atoms with Gasteiger partial charge in [0.15, 0.2) is 0 Å². The van der Waals surface area contributed by atoms with Crippen molar-refractivity contribution < 1.29 is 14.7 Å². The largest absolute Gasteiger partial charge is 0.481 e. The lowest BCUT2D eigenvalue weighted by Crippen LogP contribution is -2.37. The van der Waals surface area contributed by atoms with Crippen molar-refractivity contribution in [1.82, 2.24) is 5.32 Å². The van der Waals surface area contributed by atoms with Gasteiger partial charge in [-0.1, -0.05) is 38.2 Å². The van der Waals surface area contributed by atoms with Crippen molar-refractivity contribution in [2.24, 2.45) is 11.8 Å². The van der Waals surface area contributed by atoms with E-state index in [4.69, 9.17) is 0 Å². The molecule has 116 valence electrons. The number of carboxylic acids is 1. The zero-order valence-electron chi connectivity index (χ0n) is 12.2. The zero-order chi connectivity index (χ0) is 15.1. The summed E-state index contributed by atoms with van der Waals surface area (Å²) in [5.41, 5.74) is 0. The average molecular weight is 309 g/mol. The maximum atomic E-state index is 12.1. The highest BCUT2D eigenvalue weighted by atomic mass is 32.1. The van der Waals surface area contributed by atoms with E-state index in [1.54, 1.807) is 11.3 Å². The Morgan fingerprint density at radius 3 is 2.71 bits per heavy atom. The molecule has 5 heteroatoms. The van der Waals surface area contributed by atoms with E-state index in [0.29, 0.717) is 18.9 Å². The van der Waals surface area contributed by atoms with Gasteiger partial charge in [-0.25, -0.2) is 0 Å². The number of rotatable bonds is 7. The topological polar surface area (TPSA) is 66.4 Å². The molecule has 2 rings (SSSR count). The Labute approximate surface area is 129 Å². The summed E-state index contributed by atoms with van der Waals surface area (Å²) in [6.45, 7) is 0.508. The molecule has 1 saturated carbocycles. The molecule has 1 heterocycles. The molecule has 1 atom stereocenters. The maximum absolute atomic E-state index is 12.1. The van der Waals surface area contributed by atoms with Gasteiger partial charge in [-0.15, -0.1) is 11.3 Å². The molecule has 1 unspecified atom stereocenters. The van der Waals surface area contributed by atoms with E-state index < -0.39 is 11.9 Å². The highest BCUT2D eigenvalue weighted by Crippen LogP contribution is 2.29. The summed E-state index contributed by atoms with van der Waals surface area (Å²) in [5, 5.41) is 14.1. The molecule has 1 aliphatic rings. The number of hydrogen-bond acceptors (Lipinski definition) is 3. The highest BCUT2D eigenvalue weighted by Gasteiger charge is 2.29. The molecule has 1 aromatic rings. The summed E-state index contributed by atoms with van der Waals surface area (Å²) >= 11 is 1.65. The smallest absolute Gasteiger partial charge is 0.316 e. The van der Waals surface area contributed by atoms with Crippen molar-refractivity contribution in [3.05, 3.63) is 22.4 Å². The minimum absolute atomic E-state index is 0.329. The number of carbonyl (C=O) groups excluding carboxylic acids is 1. The van der Waals surface area contributed by atoms with Gasteiger partial charge in [-0.05, 0) is 30.2 Å². The SMILES string of the molecule is O=C(O)C(CC1CCCCC1)C(=O)NCCc1cccs1. The normalized spacial score (nSPS) is 17.3. The summed E-state index contributed by atoms with van der Waals surface area (Å²) in [6.07, 6.45) is 6.94. The van der Waals surface area contributed by atoms with Crippen LogP contribution in [0.2, 0.25) is 0 Å². The van der Waals surface area contributed by atoms with Crippen LogP contribution >= 0.6 is 11.3 Å². The zero-order valence-corrected chi connectivity index (χ0v) is 13.0. The lowest BCUT2D eigenvalue weighted by molar-refractivity contribution is -0.147. The molecule has 1 fully saturated rings. The fraction of sp³-hybridized carbons (Fsp3) is 0.625. The van der Waals surface area contributed by atoms with Crippen LogP contribution in [0.4, 0.5) is 0 Å². The van der Waals surface area contributed by atoms with E-state index in [1.807, 2.05) is 17.5 Å². The van der Waals surface area contributed by atoms with Crippen molar-refractivity contribution in [3.63, 3.8) is 0 Å². The minimum Gasteiger partial charge on any atom is -0.481 e. The predicted molar refractivity (Wildman–Crippen MR) is 83.4 cm³/mol.